The van der Waals surface area contributed by atoms with Gasteiger partial charge >= 0.3 is 5.97 Å². The normalized spacial score (nSPS) is 30.2. The molecule has 0 bridgehead atoms. The van der Waals surface area contributed by atoms with E-state index in [0.29, 0.717) is 11.1 Å². The number of carbonyl (C=O) groups excluding carboxylic acids is 1. The molecule has 0 spiro atoms. The maximum Gasteiger partial charge on any atom is 0.303 e. The highest BCUT2D eigenvalue weighted by atomic mass is 16.7. The molecule has 14 rings (SSSR count). The molecule has 3 aromatic heterocycles. The zero-order chi connectivity index (χ0) is 89.7. The van der Waals surface area contributed by atoms with Crippen LogP contribution in [-0.2, 0) is 42.7 Å². The van der Waals surface area contributed by atoms with Crippen LogP contribution in [0.4, 0.5) is 0 Å². The van der Waals surface area contributed by atoms with Crippen molar-refractivity contribution < 1.29 is 198 Å². The fourth-order valence-electron chi connectivity index (χ4n) is 14.0. The summed E-state index contributed by atoms with van der Waals surface area (Å²) in [4.78, 5) is 52.6. The van der Waals surface area contributed by atoms with Gasteiger partial charge in [-0.25, -0.2) is 0 Å². The van der Waals surface area contributed by atoms with Gasteiger partial charge in [-0.1, -0.05) is 0 Å². The number of aliphatic hydroxyl groups is 14. The average Bonchev–Trinajstić information content (AvgIpc) is 0.760. The van der Waals surface area contributed by atoms with E-state index >= 15 is 0 Å². The first kappa shape index (κ1) is 91.0. The maximum atomic E-state index is 13.8. The first-order chi connectivity index (χ1) is 58.0. The van der Waals surface area contributed by atoms with Crippen molar-refractivity contribution in [2.45, 2.75) is 188 Å². The van der Waals surface area contributed by atoms with E-state index in [9.17, 15) is 147 Å². The van der Waals surface area contributed by atoms with Crippen LogP contribution in [0.2, 0.25) is 0 Å². The van der Waals surface area contributed by atoms with Crippen LogP contribution in [-0.4, -0.2) is 313 Å². The van der Waals surface area contributed by atoms with E-state index in [2.05, 4.69) is 0 Å². The van der Waals surface area contributed by atoms with Gasteiger partial charge in [-0.15, -0.1) is 0 Å². The Hall–Kier alpha value is -11.2. The molecule has 9 aromatic rings. The van der Waals surface area contributed by atoms with Crippen LogP contribution in [0.1, 0.15) is 33.3 Å². The molecular formula is C80H88O43. The zero-order valence-electron chi connectivity index (χ0n) is 65.0. The molecule has 25 N–H and O–H groups in total. The molecule has 8 heterocycles. The number of benzene rings is 6. The van der Waals surface area contributed by atoms with Crippen molar-refractivity contribution in [1.82, 2.24) is 0 Å². The quantitative estimate of drug-likeness (QED) is 0.0339. The first-order valence-electron chi connectivity index (χ1n) is 37.6. The van der Waals surface area contributed by atoms with Crippen LogP contribution in [0.5, 0.6) is 80.5 Å². The Bertz CT molecular complexity index is 5520. The predicted molar refractivity (Wildman–Crippen MR) is 410 cm³/mol. The molecule has 5 fully saturated rings. The second-order valence-electron chi connectivity index (χ2n) is 29.6. The van der Waals surface area contributed by atoms with E-state index in [4.69, 9.17) is 65.4 Å². The second-order valence-corrected chi connectivity index (χ2v) is 29.6. The number of fused-ring (bicyclic) bond motifs is 3. The lowest BCUT2D eigenvalue weighted by atomic mass is 9.96. The number of phenolic OH excluding ortho intramolecular Hbond substituents is 11. The zero-order valence-corrected chi connectivity index (χ0v) is 65.0. The van der Waals surface area contributed by atoms with Crippen LogP contribution in [0.25, 0.3) is 66.9 Å². The number of hydrogen-bond acceptors (Lipinski definition) is 43. The lowest BCUT2D eigenvalue weighted by molar-refractivity contribution is -0.286. The Labute approximate surface area is 690 Å². The number of phenols is 11. The molecule has 5 saturated heterocycles. The summed E-state index contributed by atoms with van der Waals surface area (Å²) in [5.41, 5.74) is -2.84. The SMILES string of the molecule is CC(=O)OC1[C@H](Oc2c(-c3ccc(O)c(O)c3)oc3cc(O)cc(O)c3c2=O)OC(COC[C@@H]2OC(C)[C@H](O)[C@H](O)C2O)[C@@H](O)[C@H]1O.CC1O[C@@H](COCC2O[C@@H](Oc3c(-c4ccc(O)c(O)c4)oc4cc(O)cc(O)c4c3=O)C(O)[C@H](O)[C@@H]2O)C(O)[C@@H](O)[C@H]1O.Cc1cc(-c2oc3cc(O)cc(O)c3c(=O)c2O[C@@H]2OC(C)[C@H](O)[C@H](O)C2O)ccc1O. The highest BCUT2D eigenvalue weighted by molar-refractivity contribution is 5.91. The molecule has 0 radical (unpaired) electrons. The molecule has 0 saturated carbocycles. The molecule has 0 amide bonds. The van der Waals surface area contributed by atoms with Gasteiger partial charge in [0.2, 0.25) is 52.4 Å². The monoisotopic (exact) mass is 1740 g/mol. The molecule has 123 heavy (non-hydrogen) atoms. The van der Waals surface area contributed by atoms with Gasteiger partial charge in [0.05, 0.1) is 44.7 Å². The lowest BCUT2D eigenvalue weighted by Crippen LogP contribution is -2.62. The number of aliphatic hydroxyl groups excluding tert-OH is 14. The molecule has 43 heteroatoms. The molecule has 6 aromatic carbocycles. The number of hydrogen-bond donors (Lipinski definition) is 25. The minimum Gasteiger partial charge on any atom is -0.508 e. The van der Waals surface area contributed by atoms with Crippen molar-refractivity contribution in [2.24, 2.45) is 0 Å². The summed E-state index contributed by atoms with van der Waals surface area (Å²) in [7, 11) is 0. The maximum absolute atomic E-state index is 13.8. The largest absolute Gasteiger partial charge is 0.508 e. The Balaban J connectivity index is 0.000000171. The molecule has 666 valence electrons. The Morgan fingerprint density at radius 3 is 0.984 bits per heavy atom. The van der Waals surface area contributed by atoms with Gasteiger partial charge in [-0.05, 0) is 87.9 Å². The number of aryl methyl sites for hydroxylation is 1. The minimum atomic E-state index is -1.94. The van der Waals surface area contributed by atoms with Crippen LogP contribution >= 0.6 is 0 Å². The van der Waals surface area contributed by atoms with Gasteiger partial charge in [-0.2, -0.15) is 0 Å². The van der Waals surface area contributed by atoms with Gasteiger partial charge in [-0.3, -0.25) is 19.2 Å². The molecule has 0 aliphatic carbocycles. The highest BCUT2D eigenvalue weighted by Crippen LogP contribution is 2.45. The van der Waals surface area contributed by atoms with E-state index < -0.39 is 274 Å². The second kappa shape index (κ2) is 37.1. The van der Waals surface area contributed by atoms with E-state index in [1.807, 2.05) is 0 Å². The van der Waals surface area contributed by atoms with Crippen molar-refractivity contribution >= 4 is 38.9 Å². The number of carbonyl (C=O) groups is 1. The van der Waals surface area contributed by atoms with Gasteiger partial charge in [0, 0.05) is 60.0 Å². The van der Waals surface area contributed by atoms with Gasteiger partial charge < -0.3 is 193 Å². The molecule has 10 unspecified atom stereocenters. The topological polar surface area (TPSA) is 715 Å². The molecule has 25 atom stereocenters. The lowest BCUT2D eigenvalue weighted by Gasteiger charge is -2.42. The number of rotatable bonds is 18. The number of ether oxygens (including phenoxy) is 11. The number of aromatic hydroxyl groups is 11. The van der Waals surface area contributed by atoms with Gasteiger partial charge in [0.15, 0.2) is 46.4 Å². The molecule has 5 aliphatic rings. The Morgan fingerprint density at radius 1 is 0.325 bits per heavy atom. The van der Waals surface area contributed by atoms with Gasteiger partial charge in [0.25, 0.3) is 0 Å². The fraction of sp³-hybridized carbons (Fsp3) is 0.425. The average molecular weight is 1740 g/mol. The van der Waals surface area contributed by atoms with Gasteiger partial charge in [0.1, 0.15) is 183 Å². The predicted octanol–water partition coefficient (Wildman–Crippen LogP) is -1.63. The van der Waals surface area contributed by atoms with Crippen molar-refractivity contribution in [3.63, 3.8) is 0 Å². The van der Waals surface area contributed by atoms with Crippen molar-refractivity contribution in [1.29, 1.82) is 0 Å². The summed E-state index contributed by atoms with van der Waals surface area (Å²) in [6, 6.07) is 17.0. The fourth-order valence-corrected chi connectivity index (χ4v) is 14.0. The standard InChI is InChI=1S/C30H34O17.C28H32O16.C22H22O10/c1-10-21(36)25(40)22(37)18(43-10)8-42-9-19-23(38)26(41)29(44-11(2)31)30(46-19)47-28-24(39)20-16(35)6-13(32)7-17(20)45-27(28)12-3-4-14(33)15(34)5-12;1-9-19(33)23(37)20(34)16(41-9)7-40-8-17-21(35)24(38)25(39)28(43-17)44-27-22(36)18-14(32)5-11(29)6-15(18)42-26(27)10-2-3-12(30)13(31)4-10;1-8-5-10(3-4-12(8)24)20-21(32-22-19(29)18(28)16(26)9(2)30-22)17(27)15-13(25)6-11(23)7-14(15)31-20/h3-7,10,18-19,21-23,25-26,29-30,32-38,40-41H,8-9H2,1-2H3;2-6,9,16-17,19-21,23-25,28-35,37-39H,7-8H2,1H3;3-7,9,16,18-19,22-26,28-29H,1-2H3/t10?,18-,19?,21-,22?,23+,25-,26+,29?,30-;9?,16-,17?,19-,20?,21+,23-,24+,25?,28-;9?,16-,18-,19?,22-/m000/s1. The summed E-state index contributed by atoms with van der Waals surface area (Å²) < 4.78 is 78.6. The summed E-state index contributed by atoms with van der Waals surface area (Å²) >= 11 is 0. The third-order valence-corrected chi connectivity index (χ3v) is 20.8. The smallest absolute Gasteiger partial charge is 0.303 e. The van der Waals surface area contributed by atoms with Crippen molar-refractivity contribution in [2.75, 3.05) is 26.4 Å². The first-order valence-corrected chi connectivity index (χ1v) is 37.6. The van der Waals surface area contributed by atoms with Crippen LogP contribution in [0.3, 0.4) is 0 Å². The third kappa shape index (κ3) is 18.8. The highest BCUT2D eigenvalue weighted by Gasteiger charge is 2.52. The van der Waals surface area contributed by atoms with E-state index in [1.54, 1.807) is 6.92 Å². The summed E-state index contributed by atoms with van der Waals surface area (Å²) in [5.74, 6) is -8.99. The minimum absolute atomic E-state index is 0.00612. The van der Waals surface area contributed by atoms with Crippen molar-refractivity contribution in [3.8, 4) is 114 Å². The number of esters is 1. The summed E-state index contributed by atoms with van der Waals surface area (Å²) in [6.07, 6.45) is -37.1. The molecular weight excluding hydrogens is 1650 g/mol. The third-order valence-electron chi connectivity index (χ3n) is 20.8. The van der Waals surface area contributed by atoms with E-state index in [-0.39, 0.29) is 69.5 Å². The van der Waals surface area contributed by atoms with Crippen LogP contribution < -0.4 is 30.5 Å². The van der Waals surface area contributed by atoms with Crippen molar-refractivity contribution in [3.05, 3.63) is 127 Å². The summed E-state index contributed by atoms with van der Waals surface area (Å²) in [6.45, 7) is 5.42. The summed E-state index contributed by atoms with van der Waals surface area (Å²) in [5, 5.41) is 253. The van der Waals surface area contributed by atoms with Crippen LogP contribution in [0, 0.1) is 6.92 Å². The molecule has 43 nitrogen and oxygen atoms in total. The van der Waals surface area contributed by atoms with E-state index in [1.165, 1.54) is 51.1 Å². The molecule has 5 aliphatic heterocycles. The van der Waals surface area contributed by atoms with E-state index in [0.717, 1.165) is 67.6 Å². The Kier molecular flexibility index (Phi) is 27.4. The Morgan fingerprint density at radius 2 is 0.626 bits per heavy atom. The van der Waals surface area contributed by atoms with Crippen LogP contribution in [0.15, 0.2) is 119 Å².